The molecule has 1 saturated carbocycles. The first kappa shape index (κ1) is 30.4. The van der Waals surface area contributed by atoms with E-state index in [1.165, 1.54) is 25.0 Å². The summed E-state index contributed by atoms with van der Waals surface area (Å²) in [6.07, 6.45) is 13.2. The van der Waals surface area contributed by atoms with Crippen molar-refractivity contribution in [2.75, 3.05) is 13.1 Å². The van der Waals surface area contributed by atoms with E-state index in [1.54, 1.807) is 24.3 Å². The molecule has 4 heterocycles. The number of rotatable bonds is 12. The number of carbonyl (C=O) groups is 1. The van der Waals surface area contributed by atoms with Crippen LogP contribution in [-0.2, 0) is 26.2 Å². The lowest BCUT2D eigenvalue weighted by Gasteiger charge is -2.31. The molecule has 11 heteroatoms. The number of fused-ring (bicyclic) bond motifs is 1. The van der Waals surface area contributed by atoms with E-state index in [0.717, 1.165) is 55.0 Å². The van der Waals surface area contributed by atoms with E-state index >= 15 is 0 Å². The predicted octanol–water partition coefficient (Wildman–Crippen LogP) is 5.53. The zero-order valence-electron chi connectivity index (χ0n) is 25.9. The van der Waals surface area contributed by atoms with Crippen molar-refractivity contribution >= 4 is 17.0 Å². The lowest BCUT2D eigenvalue weighted by molar-refractivity contribution is 0.0697. The van der Waals surface area contributed by atoms with Crippen LogP contribution in [-0.4, -0.2) is 59.3 Å². The highest BCUT2D eigenvalue weighted by atomic mass is 19.1. The molecule has 1 saturated heterocycles. The monoisotopic (exact) mass is 634 g/mol. The van der Waals surface area contributed by atoms with E-state index in [-0.39, 0.29) is 24.0 Å². The fraction of sp³-hybridized carbons (Fsp3) is 0.333. The van der Waals surface area contributed by atoms with Gasteiger partial charge < -0.3 is 23.7 Å². The molecular formula is C36H35FN6O4. The van der Waals surface area contributed by atoms with Crippen molar-refractivity contribution in [1.82, 2.24) is 29.0 Å². The molecule has 5 aromatic rings. The maximum Gasteiger partial charge on any atom is 0.335 e. The highest BCUT2D eigenvalue weighted by molar-refractivity contribution is 5.92. The van der Waals surface area contributed by atoms with Crippen molar-refractivity contribution in [1.29, 1.82) is 0 Å². The molecule has 3 aromatic heterocycles. The molecule has 2 aliphatic rings. The third-order valence-corrected chi connectivity index (χ3v) is 8.79. The van der Waals surface area contributed by atoms with Gasteiger partial charge in [-0.2, -0.15) is 0 Å². The smallest absolute Gasteiger partial charge is 0.335 e. The number of halogens is 1. The Labute approximate surface area is 271 Å². The van der Waals surface area contributed by atoms with E-state index in [2.05, 4.69) is 29.9 Å². The van der Waals surface area contributed by atoms with Crippen molar-refractivity contribution in [3.05, 3.63) is 101 Å². The van der Waals surface area contributed by atoms with Gasteiger partial charge in [-0.15, -0.1) is 6.42 Å². The van der Waals surface area contributed by atoms with Crippen LogP contribution in [0.1, 0.15) is 58.8 Å². The Morgan fingerprint density at radius 3 is 2.66 bits per heavy atom. The fourth-order valence-electron chi connectivity index (χ4n) is 6.01. The number of ether oxygens (including phenoxy) is 2. The second-order valence-corrected chi connectivity index (χ2v) is 12.2. The zero-order valence-corrected chi connectivity index (χ0v) is 25.9. The first-order valence-corrected chi connectivity index (χ1v) is 15.9. The molecule has 2 aromatic carbocycles. The average Bonchev–Trinajstić information content (AvgIpc) is 3.69. The molecule has 0 atom stereocenters. The number of nitrogens with zero attached hydrogens (tertiary/aromatic N) is 6. The zero-order chi connectivity index (χ0) is 32.3. The van der Waals surface area contributed by atoms with Gasteiger partial charge in [0.15, 0.2) is 11.6 Å². The molecule has 1 aliphatic carbocycles. The molecule has 1 aliphatic heterocycles. The third kappa shape index (κ3) is 7.13. The number of carboxylic acid groups (broad SMARTS) is 1. The standard InChI is InChI=1S/C36H35FN6O4/c1-2-24-8-11-33(30(37)16-24)46-22-27-4-3-5-35(39-27)47-29-12-14-41(15-13-29)21-34-40-31-10-9-26(36(44)45)17-32(31)43(34)20-28-18-38-23-42(28)19-25-6-7-25/h1,3-5,8-11,16-18,23,25,29H,6-7,12-15,19-22H2,(H,44,45). The van der Waals surface area contributed by atoms with Crippen molar-refractivity contribution in [2.45, 2.75) is 58.0 Å². The Morgan fingerprint density at radius 2 is 1.89 bits per heavy atom. The molecule has 0 radical (unpaired) electrons. The number of benzene rings is 2. The predicted molar refractivity (Wildman–Crippen MR) is 173 cm³/mol. The number of aromatic carboxylic acids is 1. The van der Waals surface area contributed by atoms with Gasteiger partial charge in [0, 0.05) is 37.5 Å². The van der Waals surface area contributed by atoms with Crippen molar-refractivity contribution < 1.29 is 23.8 Å². The molecule has 47 heavy (non-hydrogen) atoms. The molecule has 0 bridgehead atoms. The number of piperidine rings is 1. The van der Waals surface area contributed by atoms with Gasteiger partial charge in [-0.05, 0) is 74.1 Å². The lowest BCUT2D eigenvalue weighted by atomic mass is 10.1. The topological polar surface area (TPSA) is 108 Å². The summed E-state index contributed by atoms with van der Waals surface area (Å²) < 4.78 is 30.5. The van der Waals surface area contributed by atoms with Crippen LogP contribution >= 0.6 is 0 Å². The van der Waals surface area contributed by atoms with Crippen LogP contribution < -0.4 is 9.47 Å². The second-order valence-electron chi connectivity index (χ2n) is 12.2. The van der Waals surface area contributed by atoms with Gasteiger partial charge in [0.25, 0.3) is 0 Å². The molecule has 240 valence electrons. The van der Waals surface area contributed by atoms with E-state index < -0.39 is 11.8 Å². The maximum atomic E-state index is 14.3. The number of terminal acetylenes is 1. The highest BCUT2D eigenvalue weighted by Gasteiger charge is 2.25. The van der Waals surface area contributed by atoms with Crippen LogP contribution in [0.4, 0.5) is 4.39 Å². The normalized spacial score (nSPS) is 15.5. The Hall–Kier alpha value is -5.21. The minimum absolute atomic E-state index is 0.00242. The van der Waals surface area contributed by atoms with Gasteiger partial charge in [0.05, 0.1) is 47.4 Å². The summed E-state index contributed by atoms with van der Waals surface area (Å²) >= 11 is 0. The third-order valence-electron chi connectivity index (χ3n) is 8.79. The lowest BCUT2D eigenvalue weighted by Crippen LogP contribution is -2.38. The minimum Gasteiger partial charge on any atom is -0.484 e. The largest absolute Gasteiger partial charge is 0.484 e. The van der Waals surface area contributed by atoms with Gasteiger partial charge in [0.2, 0.25) is 5.88 Å². The average molecular weight is 635 g/mol. The molecule has 1 N–H and O–H groups in total. The van der Waals surface area contributed by atoms with Gasteiger partial charge in [-0.3, -0.25) is 4.90 Å². The minimum atomic E-state index is -0.959. The Kier molecular flexibility index (Phi) is 8.59. The first-order valence-electron chi connectivity index (χ1n) is 15.9. The van der Waals surface area contributed by atoms with Gasteiger partial charge in [-0.25, -0.2) is 24.1 Å². The van der Waals surface area contributed by atoms with E-state index in [4.69, 9.17) is 20.9 Å². The quantitative estimate of drug-likeness (QED) is 0.179. The van der Waals surface area contributed by atoms with Crippen molar-refractivity contribution in [3.8, 4) is 24.0 Å². The van der Waals surface area contributed by atoms with Crippen LogP contribution in [0.25, 0.3) is 11.0 Å². The molecule has 0 spiro atoms. The number of hydrogen-bond donors (Lipinski definition) is 1. The number of hydrogen-bond acceptors (Lipinski definition) is 7. The maximum absolute atomic E-state index is 14.3. The van der Waals surface area contributed by atoms with Crippen LogP contribution in [0.15, 0.2) is 67.1 Å². The van der Waals surface area contributed by atoms with E-state index in [1.807, 2.05) is 30.7 Å². The summed E-state index contributed by atoms with van der Waals surface area (Å²) in [4.78, 5) is 28.1. The fourth-order valence-corrected chi connectivity index (χ4v) is 6.01. The van der Waals surface area contributed by atoms with Crippen molar-refractivity contribution in [2.24, 2.45) is 5.92 Å². The van der Waals surface area contributed by atoms with Gasteiger partial charge in [0.1, 0.15) is 18.5 Å². The summed E-state index contributed by atoms with van der Waals surface area (Å²) in [6.45, 7) is 3.86. The second kappa shape index (κ2) is 13.3. The molecule has 0 amide bonds. The molecular weight excluding hydrogens is 599 g/mol. The Balaban J connectivity index is 0.997. The number of imidazole rings is 2. The molecule has 10 nitrogen and oxygen atoms in total. The highest BCUT2D eigenvalue weighted by Crippen LogP contribution is 2.31. The van der Waals surface area contributed by atoms with Crippen LogP contribution in [0, 0.1) is 24.1 Å². The summed E-state index contributed by atoms with van der Waals surface area (Å²) in [5, 5.41) is 9.66. The summed E-state index contributed by atoms with van der Waals surface area (Å²) in [5.41, 5.74) is 3.99. The van der Waals surface area contributed by atoms with Gasteiger partial charge >= 0.3 is 5.97 Å². The Bertz CT molecular complexity index is 1950. The number of aromatic nitrogens is 5. The summed E-state index contributed by atoms with van der Waals surface area (Å²) in [5.74, 6) is 3.15. The van der Waals surface area contributed by atoms with Crippen LogP contribution in [0.2, 0.25) is 0 Å². The number of carboxylic acids is 1. The SMILES string of the molecule is C#Cc1ccc(OCc2cccc(OC3CCN(Cc4nc5ccc(C(=O)O)cc5n4Cc4cncn4CC4CC4)CC3)n2)c(F)c1. The Morgan fingerprint density at radius 1 is 1.04 bits per heavy atom. The van der Waals surface area contributed by atoms with E-state index in [9.17, 15) is 14.3 Å². The van der Waals surface area contributed by atoms with E-state index in [0.29, 0.717) is 36.1 Å². The van der Waals surface area contributed by atoms with Crippen LogP contribution in [0.3, 0.4) is 0 Å². The number of likely N-dealkylation sites (tertiary alicyclic amines) is 1. The van der Waals surface area contributed by atoms with Gasteiger partial charge in [-0.1, -0.05) is 12.0 Å². The number of pyridine rings is 1. The van der Waals surface area contributed by atoms with Crippen LogP contribution in [0.5, 0.6) is 11.6 Å². The van der Waals surface area contributed by atoms with Crippen molar-refractivity contribution in [3.63, 3.8) is 0 Å². The molecule has 2 fully saturated rings. The summed E-state index contributed by atoms with van der Waals surface area (Å²) in [6, 6.07) is 15.0. The molecule has 0 unspecified atom stereocenters. The first-order chi connectivity index (χ1) is 22.9. The summed E-state index contributed by atoms with van der Waals surface area (Å²) in [7, 11) is 0. The molecule has 7 rings (SSSR count).